The van der Waals surface area contributed by atoms with E-state index < -0.39 is 12.1 Å². The van der Waals surface area contributed by atoms with Crippen LogP contribution in [0.15, 0.2) is 30.3 Å². The summed E-state index contributed by atoms with van der Waals surface area (Å²) in [7, 11) is 0. The van der Waals surface area contributed by atoms with E-state index in [1.54, 1.807) is 6.92 Å². The zero-order valence-corrected chi connectivity index (χ0v) is 14.6. The number of hydrogen-bond acceptors (Lipinski definition) is 6. The number of ether oxygens (including phenoxy) is 1. The number of amides is 2. The third kappa shape index (κ3) is 5.31. The topological polar surface area (TPSA) is 93.2 Å². The molecule has 8 heteroatoms. The largest absolute Gasteiger partial charge is 0.445 e. The lowest BCUT2D eigenvalue weighted by molar-refractivity contribution is -0.117. The highest BCUT2D eigenvalue weighted by Gasteiger charge is 2.18. The second-order valence-electron chi connectivity index (χ2n) is 5.52. The maximum absolute atomic E-state index is 12.1. The number of nitrogens with zero attached hydrogens (tertiary/aromatic N) is 2. The van der Waals surface area contributed by atoms with Crippen LogP contribution in [0.4, 0.5) is 9.93 Å². The van der Waals surface area contributed by atoms with Gasteiger partial charge in [0.25, 0.3) is 0 Å². The van der Waals surface area contributed by atoms with Gasteiger partial charge in [0.05, 0.1) is 0 Å². The summed E-state index contributed by atoms with van der Waals surface area (Å²) in [6.45, 7) is 5.72. The molecule has 7 nitrogen and oxygen atoms in total. The summed E-state index contributed by atoms with van der Waals surface area (Å²) in [5.74, 6) is -0.130. The Morgan fingerprint density at radius 3 is 2.50 bits per heavy atom. The lowest BCUT2D eigenvalue weighted by Crippen LogP contribution is -2.41. The van der Waals surface area contributed by atoms with E-state index in [0.29, 0.717) is 5.13 Å². The highest BCUT2D eigenvalue weighted by atomic mass is 32.1. The van der Waals surface area contributed by atoms with Crippen LogP contribution in [0, 0.1) is 0 Å². The van der Waals surface area contributed by atoms with Crippen LogP contribution in [0.1, 0.15) is 37.3 Å². The first kappa shape index (κ1) is 17.9. The molecule has 0 saturated carbocycles. The Labute approximate surface area is 144 Å². The molecule has 0 spiro atoms. The van der Waals surface area contributed by atoms with Crippen LogP contribution >= 0.6 is 11.3 Å². The first-order valence-electron chi connectivity index (χ1n) is 7.57. The molecule has 1 aromatic carbocycles. The number of alkyl carbamates (subject to hydrolysis) is 1. The van der Waals surface area contributed by atoms with E-state index in [9.17, 15) is 9.59 Å². The number of hydrogen-bond donors (Lipinski definition) is 2. The van der Waals surface area contributed by atoms with Gasteiger partial charge in [-0.2, -0.15) is 0 Å². The SMILES string of the molecule is CC(C)c1nnc(NC(=O)[C@@H](C)NC(=O)OCc2ccccc2)s1. The number of aromatic nitrogens is 2. The molecule has 128 valence electrons. The van der Waals surface area contributed by atoms with Crippen molar-refractivity contribution in [2.75, 3.05) is 5.32 Å². The summed E-state index contributed by atoms with van der Waals surface area (Å²) in [5, 5.41) is 14.3. The normalized spacial score (nSPS) is 11.8. The summed E-state index contributed by atoms with van der Waals surface area (Å²) >= 11 is 1.32. The van der Waals surface area contributed by atoms with Crippen LogP contribution in [0.3, 0.4) is 0 Å². The first-order chi connectivity index (χ1) is 11.5. The van der Waals surface area contributed by atoms with Gasteiger partial charge in [-0.3, -0.25) is 10.1 Å². The van der Waals surface area contributed by atoms with Crippen molar-refractivity contribution in [2.24, 2.45) is 0 Å². The Morgan fingerprint density at radius 2 is 1.88 bits per heavy atom. The van der Waals surface area contributed by atoms with Gasteiger partial charge in [-0.05, 0) is 12.5 Å². The fourth-order valence-electron chi connectivity index (χ4n) is 1.74. The fraction of sp³-hybridized carbons (Fsp3) is 0.375. The molecule has 0 saturated heterocycles. The molecule has 0 unspecified atom stereocenters. The van der Waals surface area contributed by atoms with E-state index >= 15 is 0 Å². The number of carbonyl (C=O) groups excluding carboxylic acids is 2. The minimum absolute atomic E-state index is 0.148. The molecule has 0 aliphatic carbocycles. The van der Waals surface area contributed by atoms with Crippen LogP contribution in [-0.2, 0) is 16.1 Å². The molecule has 0 radical (unpaired) electrons. The van der Waals surface area contributed by atoms with Crippen molar-refractivity contribution < 1.29 is 14.3 Å². The molecular formula is C16H20N4O3S. The lowest BCUT2D eigenvalue weighted by Gasteiger charge is -2.13. The minimum Gasteiger partial charge on any atom is -0.445 e. The van der Waals surface area contributed by atoms with Gasteiger partial charge in [-0.25, -0.2) is 4.79 Å². The molecule has 2 amide bonds. The Bertz CT molecular complexity index is 688. The van der Waals surface area contributed by atoms with E-state index in [0.717, 1.165) is 10.6 Å². The Kier molecular flexibility index (Phi) is 6.25. The van der Waals surface area contributed by atoms with Crippen molar-refractivity contribution in [3.8, 4) is 0 Å². The molecule has 0 bridgehead atoms. The van der Waals surface area contributed by atoms with E-state index in [-0.39, 0.29) is 18.4 Å². The molecule has 1 heterocycles. The minimum atomic E-state index is -0.750. The molecular weight excluding hydrogens is 328 g/mol. The average Bonchev–Trinajstić information content (AvgIpc) is 3.02. The van der Waals surface area contributed by atoms with Gasteiger partial charge in [0.15, 0.2) is 0 Å². The fourth-order valence-corrected chi connectivity index (χ4v) is 2.49. The van der Waals surface area contributed by atoms with Gasteiger partial charge in [-0.15, -0.1) is 10.2 Å². The molecule has 2 aromatic rings. The van der Waals surface area contributed by atoms with Gasteiger partial charge < -0.3 is 10.1 Å². The average molecular weight is 348 g/mol. The van der Waals surface area contributed by atoms with Crippen LogP contribution in [0.5, 0.6) is 0 Å². The number of anilines is 1. The van der Waals surface area contributed by atoms with E-state index in [1.807, 2.05) is 44.2 Å². The summed E-state index contributed by atoms with van der Waals surface area (Å²) in [6.07, 6.45) is -0.651. The van der Waals surface area contributed by atoms with Gasteiger partial charge in [0, 0.05) is 5.92 Å². The van der Waals surface area contributed by atoms with Crippen LogP contribution < -0.4 is 10.6 Å². The number of rotatable bonds is 6. The van der Waals surface area contributed by atoms with Crippen molar-refractivity contribution in [3.63, 3.8) is 0 Å². The Morgan fingerprint density at radius 1 is 1.17 bits per heavy atom. The maximum Gasteiger partial charge on any atom is 0.408 e. The van der Waals surface area contributed by atoms with E-state index in [1.165, 1.54) is 11.3 Å². The lowest BCUT2D eigenvalue weighted by atomic mass is 10.2. The highest BCUT2D eigenvalue weighted by Crippen LogP contribution is 2.22. The predicted octanol–water partition coefficient (Wildman–Crippen LogP) is 2.91. The molecule has 0 fully saturated rings. The number of carbonyl (C=O) groups is 2. The molecule has 2 rings (SSSR count). The zero-order chi connectivity index (χ0) is 17.5. The van der Waals surface area contributed by atoms with Crippen LogP contribution in [0.2, 0.25) is 0 Å². The van der Waals surface area contributed by atoms with Crippen molar-refractivity contribution >= 4 is 28.5 Å². The second kappa shape index (κ2) is 8.39. The van der Waals surface area contributed by atoms with Gasteiger partial charge in [0.1, 0.15) is 17.7 Å². The van der Waals surface area contributed by atoms with E-state index in [4.69, 9.17) is 4.74 Å². The Balaban J connectivity index is 1.78. The second-order valence-corrected chi connectivity index (χ2v) is 6.53. The maximum atomic E-state index is 12.1. The van der Waals surface area contributed by atoms with Gasteiger partial charge >= 0.3 is 6.09 Å². The zero-order valence-electron chi connectivity index (χ0n) is 13.8. The van der Waals surface area contributed by atoms with E-state index in [2.05, 4.69) is 20.8 Å². The molecule has 24 heavy (non-hydrogen) atoms. The van der Waals surface area contributed by atoms with Gasteiger partial charge in [0.2, 0.25) is 11.0 Å². The molecule has 0 aliphatic rings. The standard InChI is InChI=1S/C16H20N4O3S/c1-10(2)14-19-20-15(24-14)18-13(21)11(3)17-16(22)23-9-12-7-5-4-6-8-12/h4-8,10-11H,9H2,1-3H3,(H,17,22)(H,18,20,21)/t11-/m1/s1. The van der Waals surface area contributed by atoms with Crippen molar-refractivity contribution in [1.29, 1.82) is 0 Å². The Hall–Kier alpha value is -2.48. The summed E-state index contributed by atoms with van der Waals surface area (Å²) in [4.78, 5) is 23.8. The molecule has 2 N–H and O–H groups in total. The van der Waals surface area contributed by atoms with Crippen molar-refractivity contribution in [2.45, 2.75) is 39.3 Å². The quantitative estimate of drug-likeness (QED) is 0.837. The van der Waals surface area contributed by atoms with Gasteiger partial charge in [-0.1, -0.05) is 55.5 Å². The van der Waals surface area contributed by atoms with Crippen LogP contribution in [0.25, 0.3) is 0 Å². The van der Waals surface area contributed by atoms with Crippen molar-refractivity contribution in [3.05, 3.63) is 40.9 Å². The summed E-state index contributed by atoms with van der Waals surface area (Å²) in [6, 6.07) is 8.56. The summed E-state index contributed by atoms with van der Waals surface area (Å²) < 4.78 is 5.08. The molecule has 1 aromatic heterocycles. The van der Waals surface area contributed by atoms with Crippen molar-refractivity contribution in [1.82, 2.24) is 15.5 Å². The highest BCUT2D eigenvalue weighted by molar-refractivity contribution is 7.15. The third-order valence-electron chi connectivity index (χ3n) is 3.11. The third-order valence-corrected chi connectivity index (χ3v) is 4.24. The molecule has 1 atom stereocenters. The number of benzene rings is 1. The molecule has 0 aliphatic heterocycles. The first-order valence-corrected chi connectivity index (χ1v) is 8.39. The predicted molar refractivity (Wildman–Crippen MR) is 91.9 cm³/mol. The summed E-state index contributed by atoms with van der Waals surface area (Å²) in [5.41, 5.74) is 0.875. The number of nitrogens with one attached hydrogen (secondary N) is 2. The monoisotopic (exact) mass is 348 g/mol. The smallest absolute Gasteiger partial charge is 0.408 e. The van der Waals surface area contributed by atoms with Crippen LogP contribution in [-0.4, -0.2) is 28.2 Å².